The topological polar surface area (TPSA) is 96.3 Å². The van der Waals surface area contributed by atoms with Gasteiger partial charge in [-0.3, -0.25) is 14.5 Å². The molecular formula is C27H23Cl2NO6. The zero-order valence-electron chi connectivity index (χ0n) is 19.7. The Balaban J connectivity index is 1.98. The normalized spacial score (nSPS) is 16.9. The molecule has 3 aromatic carbocycles. The number of aliphatic hydroxyl groups is 1. The average Bonchev–Trinajstić information content (AvgIpc) is 3.10. The maximum Gasteiger partial charge on any atom is 0.300 e. The number of carbonyl (C=O) groups is 2. The van der Waals surface area contributed by atoms with Crippen molar-refractivity contribution >= 4 is 46.3 Å². The first-order valence-corrected chi connectivity index (χ1v) is 11.8. The minimum Gasteiger partial charge on any atom is -0.507 e. The smallest absolute Gasteiger partial charge is 0.300 e. The number of anilines is 1. The number of methoxy groups -OCH3 is 1. The molecular weight excluding hydrogens is 505 g/mol. The van der Waals surface area contributed by atoms with E-state index in [1.807, 2.05) is 0 Å². The Hall–Kier alpha value is -3.68. The number of phenols is 1. The highest BCUT2D eigenvalue weighted by atomic mass is 35.5. The average molecular weight is 528 g/mol. The number of rotatable bonds is 6. The lowest BCUT2D eigenvalue weighted by Crippen LogP contribution is -2.30. The quantitative estimate of drug-likeness (QED) is 0.230. The lowest BCUT2D eigenvalue weighted by molar-refractivity contribution is -0.132. The summed E-state index contributed by atoms with van der Waals surface area (Å²) in [6.45, 7) is 3.82. The van der Waals surface area contributed by atoms with Crippen LogP contribution < -0.4 is 14.4 Å². The molecule has 36 heavy (non-hydrogen) atoms. The number of carbonyl (C=O) groups excluding carboxylic acids is 2. The van der Waals surface area contributed by atoms with Crippen molar-refractivity contribution in [3.63, 3.8) is 0 Å². The summed E-state index contributed by atoms with van der Waals surface area (Å²) in [6, 6.07) is 13.0. The van der Waals surface area contributed by atoms with Gasteiger partial charge in [0.25, 0.3) is 11.7 Å². The minimum absolute atomic E-state index is 0.0952. The first-order valence-electron chi connectivity index (χ1n) is 11.0. The number of aromatic hydroxyl groups is 1. The van der Waals surface area contributed by atoms with Crippen molar-refractivity contribution in [2.45, 2.75) is 19.9 Å². The second-order valence-electron chi connectivity index (χ2n) is 8.11. The summed E-state index contributed by atoms with van der Waals surface area (Å²) in [6.07, 6.45) is 0. The molecule has 0 radical (unpaired) electrons. The van der Waals surface area contributed by atoms with Gasteiger partial charge >= 0.3 is 0 Å². The first kappa shape index (κ1) is 25.4. The molecule has 0 saturated carbocycles. The molecule has 1 heterocycles. The molecule has 1 fully saturated rings. The third-order valence-electron chi connectivity index (χ3n) is 5.89. The Kier molecular flexibility index (Phi) is 7.15. The maximum absolute atomic E-state index is 13.4. The zero-order chi connectivity index (χ0) is 26.1. The van der Waals surface area contributed by atoms with Gasteiger partial charge in [0.05, 0.1) is 30.4 Å². The van der Waals surface area contributed by atoms with Gasteiger partial charge < -0.3 is 19.7 Å². The number of benzene rings is 3. The van der Waals surface area contributed by atoms with E-state index in [1.54, 1.807) is 56.3 Å². The Morgan fingerprint density at radius 3 is 2.42 bits per heavy atom. The lowest BCUT2D eigenvalue weighted by Gasteiger charge is -2.27. The molecule has 0 bridgehead atoms. The van der Waals surface area contributed by atoms with Crippen molar-refractivity contribution in [2.24, 2.45) is 0 Å². The molecule has 186 valence electrons. The van der Waals surface area contributed by atoms with E-state index in [0.29, 0.717) is 27.6 Å². The van der Waals surface area contributed by atoms with E-state index >= 15 is 0 Å². The number of aliphatic hydroxyl groups excluding tert-OH is 1. The molecule has 1 aliphatic heterocycles. The fourth-order valence-corrected chi connectivity index (χ4v) is 4.71. The molecule has 2 N–H and O–H groups in total. The number of Topliss-reactive ketones (excluding diaryl/α,β-unsaturated/α-hetero) is 1. The Morgan fingerprint density at radius 1 is 1.03 bits per heavy atom. The molecule has 1 amide bonds. The Labute approximate surface area is 218 Å². The monoisotopic (exact) mass is 527 g/mol. The molecule has 1 saturated heterocycles. The number of phenolic OH excluding ortho intramolecular Hbond substituents is 1. The number of ketones is 1. The van der Waals surface area contributed by atoms with Gasteiger partial charge in [0, 0.05) is 16.3 Å². The van der Waals surface area contributed by atoms with E-state index < -0.39 is 23.5 Å². The van der Waals surface area contributed by atoms with E-state index in [-0.39, 0.29) is 34.3 Å². The predicted molar refractivity (Wildman–Crippen MR) is 138 cm³/mol. The third kappa shape index (κ3) is 4.47. The number of aryl methyl sites for hydroxylation is 1. The molecule has 0 spiro atoms. The molecule has 7 nitrogen and oxygen atoms in total. The van der Waals surface area contributed by atoms with E-state index in [1.165, 1.54) is 24.1 Å². The van der Waals surface area contributed by atoms with Gasteiger partial charge in [-0.2, -0.15) is 0 Å². The van der Waals surface area contributed by atoms with E-state index in [4.69, 9.17) is 32.7 Å². The number of halogens is 2. The highest BCUT2D eigenvalue weighted by Gasteiger charge is 2.47. The second-order valence-corrected chi connectivity index (χ2v) is 8.95. The van der Waals surface area contributed by atoms with Crippen molar-refractivity contribution in [1.82, 2.24) is 0 Å². The predicted octanol–water partition coefficient (Wildman–Crippen LogP) is 6.04. The van der Waals surface area contributed by atoms with Crippen LogP contribution in [0.15, 0.2) is 60.2 Å². The van der Waals surface area contributed by atoms with Crippen LogP contribution in [0.4, 0.5) is 5.69 Å². The zero-order valence-corrected chi connectivity index (χ0v) is 21.2. The van der Waals surface area contributed by atoms with Crippen LogP contribution in [0.2, 0.25) is 10.0 Å². The molecule has 1 unspecified atom stereocenters. The molecule has 3 aromatic rings. The van der Waals surface area contributed by atoms with Crippen molar-refractivity contribution in [3.05, 3.63) is 86.9 Å². The number of nitrogens with zero attached hydrogens (tertiary/aromatic N) is 1. The fourth-order valence-electron chi connectivity index (χ4n) is 4.23. The lowest BCUT2D eigenvalue weighted by atomic mass is 9.94. The van der Waals surface area contributed by atoms with Gasteiger partial charge in [-0.15, -0.1) is 0 Å². The summed E-state index contributed by atoms with van der Waals surface area (Å²) in [5, 5.41) is 22.2. The SMILES string of the molecule is CCOc1cc(C2/C(=C(\O)c3ccc(OC)c(Cl)c3)C(=O)C(=O)N2c2ccc(Cl)cc2C)ccc1O. The van der Waals surface area contributed by atoms with Crippen LogP contribution in [0.25, 0.3) is 5.76 Å². The van der Waals surface area contributed by atoms with Crippen molar-refractivity contribution < 1.29 is 29.3 Å². The highest BCUT2D eigenvalue weighted by Crippen LogP contribution is 2.45. The van der Waals surface area contributed by atoms with Gasteiger partial charge in [-0.25, -0.2) is 0 Å². The van der Waals surface area contributed by atoms with Crippen molar-refractivity contribution in [2.75, 3.05) is 18.6 Å². The number of hydrogen-bond acceptors (Lipinski definition) is 6. The molecule has 4 rings (SSSR count). The first-order chi connectivity index (χ1) is 17.2. The van der Waals surface area contributed by atoms with Crippen LogP contribution >= 0.6 is 23.2 Å². The molecule has 1 aliphatic rings. The van der Waals surface area contributed by atoms with Crippen molar-refractivity contribution in [1.29, 1.82) is 0 Å². The van der Waals surface area contributed by atoms with E-state index in [9.17, 15) is 19.8 Å². The summed E-state index contributed by atoms with van der Waals surface area (Å²) in [4.78, 5) is 28.1. The summed E-state index contributed by atoms with van der Waals surface area (Å²) in [7, 11) is 1.46. The summed E-state index contributed by atoms with van der Waals surface area (Å²) < 4.78 is 10.7. The van der Waals surface area contributed by atoms with Crippen LogP contribution in [0, 0.1) is 6.92 Å². The Bertz CT molecular complexity index is 1400. The van der Waals surface area contributed by atoms with Crippen molar-refractivity contribution in [3.8, 4) is 17.2 Å². The highest BCUT2D eigenvalue weighted by molar-refractivity contribution is 6.52. The number of amides is 1. The Morgan fingerprint density at radius 2 is 1.78 bits per heavy atom. The molecule has 0 aromatic heterocycles. The molecule has 9 heteroatoms. The standard InChI is InChI=1S/C27H23Cl2NO6/c1-4-36-22-13-15(5-9-20(22)31)24-23(25(32)16-6-10-21(35-3)18(29)12-16)26(33)27(34)30(24)19-8-7-17(28)11-14(19)2/h5-13,24,31-32H,4H2,1-3H3/b25-23+. The second kappa shape index (κ2) is 10.1. The third-order valence-corrected chi connectivity index (χ3v) is 6.42. The van der Waals surface area contributed by atoms with E-state index in [0.717, 1.165) is 0 Å². The van der Waals surface area contributed by atoms with Gasteiger partial charge in [-0.05, 0) is 73.5 Å². The molecule has 0 aliphatic carbocycles. The minimum atomic E-state index is -1.02. The maximum atomic E-state index is 13.4. The van der Waals surface area contributed by atoms with Gasteiger partial charge in [0.15, 0.2) is 11.5 Å². The largest absolute Gasteiger partial charge is 0.507 e. The van der Waals surface area contributed by atoms with Gasteiger partial charge in [-0.1, -0.05) is 29.3 Å². The van der Waals surface area contributed by atoms with Crippen LogP contribution in [0.5, 0.6) is 17.2 Å². The summed E-state index contributed by atoms with van der Waals surface area (Å²) >= 11 is 12.4. The molecule has 1 atom stereocenters. The van der Waals surface area contributed by atoms with Gasteiger partial charge in [0.2, 0.25) is 0 Å². The van der Waals surface area contributed by atoms with Crippen LogP contribution in [0.3, 0.4) is 0 Å². The number of ether oxygens (including phenoxy) is 2. The van der Waals surface area contributed by atoms with Crippen LogP contribution in [-0.2, 0) is 9.59 Å². The van der Waals surface area contributed by atoms with E-state index in [2.05, 4.69) is 0 Å². The summed E-state index contributed by atoms with van der Waals surface area (Å²) in [5.41, 5.74) is 1.66. The van der Waals surface area contributed by atoms with Gasteiger partial charge in [0.1, 0.15) is 11.5 Å². The van der Waals surface area contributed by atoms with Crippen LogP contribution in [-0.4, -0.2) is 35.6 Å². The fraction of sp³-hybridized carbons (Fsp3) is 0.185. The summed E-state index contributed by atoms with van der Waals surface area (Å²) in [5.74, 6) is -1.62. The van der Waals surface area contributed by atoms with Crippen LogP contribution in [0.1, 0.15) is 29.7 Å². The number of hydrogen-bond donors (Lipinski definition) is 2.